The third kappa shape index (κ3) is 6.47. The lowest BCUT2D eigenvalue weighted by atomic mass is 10.0. The average molecular weight is 421 g/mol. The van der Waals surface area contributed by atoms with Gasteiger partial charge in [-0.25, -0.2) is 13.1 Å². The lowest BCUT2D eigenvalue weighted by Crippen LogP contribution is -2.30. The first kappa shape index (κ1) is 22.7. The molecule has 0 heterocycles. The Morgan fingerprint density at radius 3 is 2.24 bits per heavy atom. The van der Waals surface area contributed by atoms with Crippen molar-refractivity contribution in [3.8, 4) is 11.5 Å². The van der Waals surface area contributed by atoms with Gasteiger partial charge in [0.15, 0.2) is 6.61 Å². The van der Waals surface area contributed by atoms with Crippen molar-refractivity contribution in [2.24, 2.45) is 0 Å². The maximum Gasteiger partial charge on any atom is 0.262 e. The normalized spacial score (nSPS) is 11.6. The Morgan fingerprint density at radius 2 is 1.69 bits per heavy atom. The van der Waals surface area contributed by atoms with Gasteiger partial charge in [0.05, 0.1) is 17.7 Å². The summed E-state index contributed by atoms with van der Waals surface area (Å²) < 4.78 is 38.0. The highest BCUT2D eigenvalue weighted by atomic mass is 32.2. The predicted molar refractivity (Wildman–Crippen MR) is 113 cm³/mol. The second kappa shape index (κ2) is 9.76. The van der Waals surface area contributed by atoms with Gasteiger partial charge < -0.3 is 14.8 Å². The fraction of sp³-hybridized carbons (Fsp3) is 0.381. The predicted octanol–water partition coefficient (Wildman–Crippen LogP) is 3.52. The van der Waals surface area contributed by atoms with Crippen LogP contribution in [0.3, 0.4) is 0 Å². The molecule has 2 aromatic carbocycles. The van der Waals surface area contributed by atoms with E-state index >= 15 is 0 Å². The van der Waals surface area contributed by atoms with Crippen LogP contribution in [0.4, 0.5) is 5.69 Å². The lowest BCUT2D eigenvalue weighted by Gasteiger charge is -2.14. The molecule has 0 aliphatic carbocycles. The van der Waals surface area contributed by atoms with Gasteiger partial charge in [-0.1, -0.05) is 26.0 Å². The molecule has 0 aromatic heterocycles. The zero-order chi connectivity index (χ0) is 21.6. The van der Waals surface area contributed by atoms with Crippen molar-refractivity contribution in [3.63, 3.8) is 0 Å². The number of sulfonamides is 1. The van der Waals surface area contributed by atoms with Crippen molar-refractivity contribution in [1.82, 2.24) is 4.72 Å². The van der Waals surface area contributed by atoms with E-state index in [0.717, 1.165) is 0 Å². The molecule has 2 N–H and O–H groups in total. The Kier molecular flexibility index (Phi) is 7.64. The molecule has 0 bridgehead atoms. The molecule has 29 heavy (non-hydrogen) atoms. The van der Waals surface area contributed by atoms with E-state index in [1.165, 1.54) is 30.9 Å². The molecule has 0 aliphatic rings. The van der Waals surface area contributed by atoms with Crippen molar-refractivity contribution >= 4 is 21.6 Å². The van der Waals surface area contributed by atoms with E-state index in [4.69, 9.17) is 9.47 Å². The number of rotatable bonds is 9. The van der Waals surface area contributed by atoms with E-state index in [2.05, 4.69) is 23.9 Å². The summed E-state index contributed by atoms with van der Waals surface area (Å²) >= 11 is 0. The van der Waals surface area contributed by atoms with Gasteiger partial charge >= 0.3 is 0 Å². The first-order valence-corrected chi connectivity index (χ1v) is 10.8. The van der Waals surface area contributed by atoms with Crippen LogP contribution >= 0.6 is 0 Å². The molecule has 0 saturated carbocycles. The lowest BCUT2D eigenvalue weighted by molar-refractivity contribution is -0.118. The van der Waals surface area contributed by atoms with Crippen molar-refractivity contribution < 1.29 is 22.7 Å². The van der Waals surface area contributed by atoms with Crippen molar-refractivity contribution in [1.29, 1.82) is 0 Å². The Morgan fingerprint density at radius 1 is 1.03 bits per heavy atom. The molecule has 158 valence electrons. The molecular formula is C21H28N2O5S. The van der Waals surface area contributed by atoms with Gasteiger partial charge in [0.25, 0.3) is 5.91 Å². The monoisotopic (exact) mass is 420 g/mol. The van der Waals surface area contributed by atoms with Crippen LogP contribution in [0.1, 0.15) is 39.2 Å². The molecule has 0 radical (unpaired) electrons. The number of hydrogen-bond acceptors (Lipinski definition) is 5. The number of methoxy groups -OCH3 is 1. The molecule has 2 aromatic rings. The average Bonchev–Trinajstić information content (AvgIpc) is 2.65. The van der Waals surface area contributed by atoms with E-state index in [1.54, 1.807) is 13.8 Å². The Balaban J connectivity index is 2.09. The van der Waals surface area contributed by atoms with Crippen molar-refractivity contribution in [2.45, 2.75) is 44.6 Å². The largest absolute Gasteiger partial charge is 0.495 e. The maximum absolute atomic E-state index is 12.4. The Labute approximate surface area is 172 Å². The van der Waals surface area contributed by atoms with Crippen LogP contribution in [0.5, 0.6) is 11.5 Å². The van der Waals surface area contributed by atoms with Gasteiger partial charge in [0, 0.05) is 6.04 Å². The number of carbonyl (C=O) groups excluding carboxylic acids is 1. The van der Waals surface area contributed by atoms with Crippen LogP contribution < -0.4 is 19.5 Å². The van der Waals surface area contributed by atoms with Gasteiger partial charge in [-0.15, -0.1) is 0 Å². The molecule has 0 atom stereocenters. The van der Waals surface area contributed by atoms with E-state index in [9.17, 15) is 13.2 Å². The molecule has 0 fully saturated rings. The third-order valence-corrected chi connectivity index (χ3v) is 5.72. The number of nitrogens with one attached hydrogen (secondary N) is 2. The fourth-order valence-corrected chi connectivity index (χ4v) is 3.89. The minimum Gasteiger partial charge on any atom is -0.495 e. The van der Waals surface area contributed by atoms with Crippen LogP contribution in [0.2, 0.25) is 0 Å². The third-order valence-electron chi connectivity index (χ3n) is 4.06. The second-order valence-electron chi connectivity index (χ2n) is 7.20. The van der Waals surface area contributed by atoms with E-state index < -0.39 is 15.9 Å². The molecular weight excluding hydrogens is 392 g/mol. The second-order valence-corrected chi connectivity index (χ2v) is 8.91. The molecule has 7 nitrogen and oxygen atoms in total. The van der Waals surface area contributed by atoms with Gasteiger partial charge in [-0.2, -0.15) is 0 Å². The smallest absolute Gasteiger partial charge is 0.262 e. The van der Waals surface area contributed by atoms with E-state index in [-0.39, 0.29) is 23.2 Å². The number of carbonyl (C=O) groups is 1. The summed E-state index contributed by atoms with van der Waals surface area (Å²) in [6.45, 7) is 7.44. The van der Waals surface area contributed by atoms with E-state index in [0.29, 0.717) is 17.4 Å². The summed E-state index contributed by atoms with van der Waals surface area (Å²) in [5.74, 6) is 0.910. The minimum atomic E-state index is -3.70. The first-order chi connectivity index (χ1) is 13.6. The zero-order valence-corrected chi connectivity index (χ0v) is 18.2. The van der Waals surface area contributed by atoms with Crippen LogP contribution in [-0.2, 0) is 14.8 Å². The molecule has 0 spiro atoms. The summed E-state index contributed by atoms with van der Waals surface area (Å²) in [5, 5.41) is 2.65. The molecule has 0 saturated heterocycles. The van der Waals surface area contributed by atoms with E-state index in [1.807, 2.05) is 24.3 Å². The molecule has 0 unspecified atom stereocenters. The fourth-order valence-electron chi connectivity index (χ4n) is 2.61. The molecule has 0 aliphatic heterocycles. The highest BCUT2D eigenvalue weighted by Crippen LogP contribution is 2.27. The summed E-state index contributed by atoms with van der Waals surface area (Å²) in [7, 11) is -2.25. The minimum absolute atomic E-state index is 0.0347. The summed E-state index contributed by atoms with van der Waals surface area (Å²) in [5.41, 5.74) is 1.43. The van der Waals surface area contributed by atoms with Gasteiger partial charge in [-0.05, 0) is 55.7 Å². The number of ether oxygens (including phenoxy) is 2. The topological polar surface area (TPSA) is 93.7 Å². The summed E-state index contributed by atoms with van der Waals surface area (Å²) in [4.78, 5) is 12.3. The highest BCUT2D eigenvalue weighted by Gasteiger charge is 2.18. The van der Waals surface area contributed by atoms with Gasteiger partial charge in [-0.3, -0.25) is 4.79 Å². The Bertz CT molecular complexity index is 938. The standard InChI is InChI=1S/C21H28N2O5S/c1-14(2)16-6-8-17(9-7-16)28-13-21(24)22-19-12-18(10-11-20(19)27-5)29(25,26)23-15(3)4/h6-12,14-15,23H,13H2,1-5H3,(H,22,24). The molecule has 1 amide bonds. The van der Waals surface area contributed by atoms with Crippen LogP contribution in [0.15, 0.2) is 47.4 Å². The SMILES string of the molecule is COc1ccc(S(=O)(=O)NC(C)C)cc1NC(=O)COc1ccc(C(C)C)cc1. The van der Waals surface area contributed by atoms with Crippen molar-refractivity contribution in [2.75, 3.05) is 19.0 Å². The van der Waals surface area contributed by atoms with Crippen LogP contribution in [-0.4, -0.2) is 34.1 Å². The first-order valence-electron chi connectivity index (χ1n) is 9.35. The Hall–Kier alpha value is -2.58. The van der Waals surface area contributed by atoms with Crippen molar-refractivity contribution in [3.05, 3.63) is 48.0 Å². The van der Waals surface area contributed by atoms with Gasteiger partial charge in [0.2, 0.25) is 10.0 Å². The highest BCUT2D eigenvalue weighted by molar-refractivity contribution is 7.89. The summed E-state index contributed by atoms with van der Waals surface area (Å²) in [6.07, 6.45) is 0. The van der Waals surface area contributed by atoms with Crippen LogP contribution in [0.25, 0.3) is 0 Å². The number of benzene rings is 2. The number of anilines is 1. The quantitative estimate of drug-likeness (QED) is 0.647. The van der Waals surface area contributed by atoms with Gasteiger partial charge in [0.1, 0.15) is 11.5 Å². The maximum atomic E-state index is 12.4. The zero-order valence-electron chi connectivity index (χ0n) is 17.4. The summed E-state index contributed by atoms with van der Waals surface area (Å²) in [6, 6.07) is 11.6. The molecule has 8 heteroatoms. The number of hydrogen-bond donors (Lipinski definition) is 2. The van der Waals surface area contributed by atoms with Crippen LogP contribution in [0, 0.1) is 0 Å². The molecule has 2 rings (SSSR count). The number of amides is 1.